The highest BCUT2D eigenvalue weighted by molar-refractivity contribution is 7.47. The van der Waals surface area contributed by atoms with E-state index < -0.39 is 26.5 Å². The van der Waals surface area contributed by atoms with E-state index in [-0.39, 0.29) is 32.0 Å². The minimum Gasteiger partial charge on any atom is -0.462 e. The minimum atomic E-state index is -4.41. The summed E-state index contributed by atoms with van der Waals surface area (Å²) < 4.78 is 34.7. The van der Waals surface area contributed by atoms with Crippen LogP contribution in [0.5, 0.6) is 0 Å². The van der Waals surface area contributed by atoms with Gasteiger partial charge in [0.05, 0.1) is 27.7 Å². The first kappa shape index (κ1) is 89.4. The Labute approximate surface area is 578 Å². The summed E-state index contributed by atoms with van der Waals surface area (Å²) in [4.78, 5) is 35.9. The number of carbonyl (C=O) groups is 2. The summed E-state index contributed by atoms with van der Waals surface area (Å²) in [6, 6.07) is 0. The third-order valence-electron chi connectivity index (χ3n) is 15.7. The van der Waals surface area contributed by atoms with E-state index in [2.05, 4.69) is 184 Å². The minimum absolute atomic E-state index is 0.0191. The van der Waals surface area contributed by atoms with E-state index in [0.29, 0.717) is 17.4 Å². The lowest BCUT2D eigenvalue weighted by Gasteiger charge is -2.24. The van der Waals surface area contributed by atoms with Gasteiger partial charge >= 0.3 is 19.8 Å². The van der Waals surface area contributed by atoms with Crippen LogP contribution in [0.3, 0.4) is 0 Å². The number of hydrogen-bond donors (Lipinski definition) is 1. The summed E-state index contributed by atoms with van der Waals surface area (Å²) in [6.07, 6.45) is 110. The molecule has 0 aromatic heterocycles. The van der Waals surface area contributed by atoms with Crippen LogP contribution in [0.15, 0.2) is 170 Å². The topological polar surface area (TPSA) is 108 Å². The maximum absolute atomic E-state index is 12.9. The summed E-state index contributed by atoms with van der Waals surface area (Å²) >= 11 is 0. The number of carbonyl (C=O) groups excluding carboxylic acids is 2. The number of esters is 2. The van der Waals surface area contributed by atoms with E-state index in [9.17, 15) is 19.0 Å². The fraction of sp³-hybridized carbons (Fsp3) is 0.643. The predicted octanol–water partition coefficient (Wildman–Crippen LogP) is 25.3. The smallest absolute Gasteiger partial charge is 0.462 e. The standard InChI is InChI=1S/C84H140NO8P/c1-6-8-10-12-14-16-18-20-22-24-26-28-30-32-34-36-38-40-42-44-46-48-50-52-54-56-58-60-62-64-66-68-70-72-74-76-83(86)90-80-82(81-92-94(88,89)91-79-78-85(3,4)5)93-84(87)77-75-73-71-69-67-65-63-61-59-57-55-53-51-49-47-45-43-41-39-37-35-33-31-29-27-25-23-21-19-17-15-13-11-9-7-2/h8-11,14-17,20-23,26-29,33,35,39,41,45,47,51,53,57,59,63,65,82H,6-7,12-13,18-19,24-25,30-32,34,36-38,40,42-44,46,48-50,52,54-56,58,60-62,64,66-81H2,1-5H3/p+1/b10-8-,11-9-,16-14-,17-15-,22-20-,23-21-,28-26-,29-27-,35-33-,41-39-,47-45-,53-51-,59-57-,65-63-. The van der Waals surface area contributed by atoms with Gasteiger partial charge in [-0.15, -0.1) is 0 Å². The Morgan fingerprint density at radius 2 is 0.574 bits per heavy atom. The molecule has 0 spiro atoms. The number of nitrogens with zero attached hydrogens (tertiary/aromatic N) is 1. The summed E-state index contributed by atoms with van der Waals surface area (Å²) in [6.45, 7) is 4.18. The molecule has 0 saturated heterocycles. The molecule has 0 aliphatic carbocycles. The number of hydrogen-bond acceptors (Lipinski definition) is 7. The van der Waals surface area contributed by atoms with Crippen LogP contribution in [0.1, 0.15) is 296 Å². The number of allylic oxidation sites excluding steroid dienone is 28. The molecule has 0 radical (unpaired) electrons. The Balaban J connectivity index is 4.09. The normalized spacial score (nSPS) is 14.1. The lowest BCUT2D eigenvalue weighted by atomic mass is 10.0. The van der Waals surface area contributed by atoms with Crippen LogP contribution in [0, 0.1) is 0 Å². The number of ether oxygens (including phenoxy) is 2. The van der Waals surface area contributed by atoms with Crippen LogP contribution < -0.4 is 0 Å². The molecular weight excluding hydrogens is 1180 g/mol. The van der Waals surface area contributed by atoms with Crippen molar-refractivity contribution in [3.8, 4) is 0 Å². The molecule has 0 heterocycles. The fourth-order valence-electron chi connectivity index (χ4n) is 10.0. The average molecular weight is 1320 g/mol. The number of phosphoric acid groups is 1. The van der Waals surface area contributed by atoms with Crippen molar-refractivity contribution in [2.24, 2.45) is 0 Å². The van der Waals surface area contributed by atoms with Crippen molar-refractivity contribution in [2.75, 3.05) is 47.5 Å². The molecule has 0 aliphatic heterocycles. The third-order valence-corrected chi connectivity index (χ3v) is 16.7. The second-order valence-electron chi connectivity index (χ2n) is 25.9. The highest BCUT2D eigenvalue weighted by Gasteiger charge is 2.27. The van der Waals surface area contributed by atoms with Crippen LogP contribution in [0.4, 0.5) is 0 Å². The van der Waals surface area contributed by atoms with Gasteiger partial charge in [-0.25, -0.2) is 4.57 Å². The molecule has 0 saturated carbocycles. The molecule has 0 aliphatic rings. The van der Waals surface area contributed by atoms with Crippen molar-refractivity contribution in [3.05, 3.63) is 170 Å². The Morgan fingerprint density at radius 3 is 0.851 bits per heavy atom. The summed E-state index contributed by atoms with van der Waals surface area (Å²) in [5, 5.41) is 0. The number of quaternary nitrogens is 1. The van der Waals surface area contributed by atoms with Crippen LogP contribution in [0.2, 0.25) is 0 Å². The molecule has 0 rings (SSSR count). The Hall–Kier alpha value is -4.63. The van der Waals surface area contributed by atoms with Crippen LogP contribution >= 0.6 is 7.82 Å². The van der Waals surface area contributed by atoms with Gasteiger partial charge in [-0.2, -0.15) is 0 Å². The monoisotopic (exact) mass is 1320 g/mol. The summed E-state index contributed by atoms with van der Waals surface area (Å²) in [5.74, 6) is -0.828. The van der Waals surface area contributed by atoms with Crippen molar-refractivity contribution in [1.29, 1.82) is 0 Å². The molecule has 0 bridgehead atoms. The first-order chi connectivity index (χ1) is 46.0. The Kier molecular flexibility index (Phi) is 69.1. The van der Waals surface area contributed by atoms with Gasteiger partial charge in [0.2, 0.25) is 0 Å². The highest BCUT2D eigenvalue weighted by atomic mass is 31.2. The molecule has 10 heteroatoms. The van der Waals surface area contributed by atoms with Crippen LogP contribution in [-0.4, -0.2) is 74.9 Å². The van der Waals surface area contributed by atoms with Crippen molar-refractivity contribution >= 4 is 19.8 Å². The SMILES string of the molecule is CC/C=C\C/C=C\C/C=C\C/C=C\C/C=C\C/C=C\C/C=C\C/C=C\C/C=C\C/C=C\CCCCCCC(=O)OC(COC(=O)CCCCCCCCCCCCCCCCCCCCCCCC/C=C\C/C=C\C/C=C\C/C=C\CC)COP(=O)(O)OCC[N+](C)(C)C. The van der Waals surface area contributed by atoms with Gasteiger partial charge in [-0.1, -0.05) is 325 Å². The van der Waals surface area contributed by atoms with Crippen molar-refractivity contribution in [1.82, 2.24) is 0 Å². The summed E-state index contributed by atoms with van der Waals surface area (Å²) in [5.41, 5.74) is 0. The average Bonchev–Trinajstić information content (AvgIpc) is 1.68. The molecule has 0 fully saturated rings. The molecule has 94 heavy (non-hydrogen) atoms. The Morgan fingerprint density at radius 1 is 0.330 bits per heavy atom. The second kappa shape index (κ2) is 72.6. The number of phosphoric ester groups is 1. The highest BCUT2D eigenvalue weighted by Crippen LogP contribution is 2.43. The van der Waals surface area contributed by atoms with Gasteiger partial charge in [0.25, 0.3) is 0 Å². The molecule has 534 valence electrons. The molecule has 0 aromatic rings. The molecule has 2 unspecified atom stereocenters. The maximum atomic E-state index is 12.9. The van der Waals surface area contributed by atoms with E-state index in [1.807, 2.05) is 21.1 Å². The lowest BCUT2D eigenvalue weighted by molar-refractivity contribution is -0.870. The molecule has 9 nitrogen and oxygen atoms in total. The van der Waals surface area contributed by atoms with Gasteiger partial charge in [-0.3, -0.25) is 18.6 Å². The number of rotatable bonds is 68. The first-order valence-corrected chi connectivity index (χ1v) is 39.4. The van der Waals surface area contributed by atoms with Crippen molar-refractivity contribution in [2.45, 2.75) is 302 Å². The fourth-order valence-corrected chi connectivity index (χ4v) is 10.8. The van der Waals surface area contributed by atoms with Gasteiger partial charge < -0.3 is 18.9 Å². The number of unbranched alkanes of at least 4 members (excludes halogenated alkanes) is 26. The Bertz CT molecular complexity index is 2200. The summed E-state index contributed by atoms with van der Waals surface area (Å²) in [7, 11) is 1.45. The molecule has 0 aromatic carbocycles. The van der Waals surface area contributed by atoms with Crippen molar-refractivity contribution in [3.63, 3.8) is 0 Å². The van der Waals surface area contributed by atoms with E-state index in [1.54, 1.807) is 0 Å². The zero-order valence-electron chi connectivity index (χ0n) is 60.9. The van der Waals surface area contributed by atoms with E-state index >= 15 is 0 Å². The largest absolute Gasteiger partial charge is 0.472 e. The maximum Gasteiger partial charge on any atom is 0.472 e. The first-order valence-electron chi connectivity index (χ1n) is 37.9. The van der Waals surface area contributed by atoms with Gasteiger partial charge in [0, 0.05) is 12.8 Å². The van der Waals surface area contributed by atoms with Gasteiger partial charge in [0.1, 0.15) is 19.8 Å². The van der Waals surface area contributed by atoms with E-state index in [1.165, 1.54) is 128 Å². The molecular formula is C84H141NO8P+. The number of likely N-dealkylation sites (N-methyl/N-ethyl adjacent to an activating group) is 1. The molecule has 1 N–H and O–H groups in total. The lowest BCUT2D eigenvalue weighted by Crippen LogP contribution is -2.37. The zero-order valence-corrected chi connectivity index (χ0v) is 61.8. The van der Waals surface area contributed by atoms with Crippen molar-refractivity contribution < 1.29 is 42.1 Å². The quantitative estimate of drug-likeness (QED) is 0.0211. The zero-order chi connectivity index (χ0) is 68.3. The predicted molar refractivity (Wildman–Crippen MR) is 408 cm³/mol. The third kappa shape index (κ3) is 76.4. The van der Waals surface area contributed by atoms with Gasteiger partial charge in [0.15, 0.2) is 6.10 Å². The molecule has 2 atom stereocenters. The van der Waals surface area contributed by atoms with E-state index in [0.717, 1.165) is 135 Å². The van der Waals surface area contributed by atoms with E-state index in [4.69, 9.17) is 18.5 Å². The second-order valence-corrected chi connectivity index (χ2v) is 27.4. The molecule has 0 amide bonds. The van der Waals surface area contributed by atoms with Crippen LogP contribution in [-0.2, 0) is 32.7 Å². The van der Waals surface area contributed by atoms with Gasteiger partial charge in [-0.05, 0) is 128 Å². The van der Waals surface area contributed by atoms with Crippen LogP contribution in [0.25, 0.3) is 0 Å².